The molecule has 3 rings (SSSR count). The van der Waals surface area contributed by atoms with Crippen molar-refractivity contribution >= 4 is 28.3 Å². The maximum absolute atomic E-state index is 4.39. The first kappa shape index (κ1) is 11.0. The maximum Gasteiger partial charge on any atom is 0.180 e. The number of fused-ring (bicyclic) bond motifs is 1. The van der Waals surface area contributed by atoms with Crippen molar-refractivity contribution in [3.8, 4) is 0 Å². The van der Waals surface area contributed by atoms with E-state index in [1.807, 2.05) is 25.3 Å². The Morgan fingerprint density at radius 3 is 2.89 bits per heavy atom. The highest BCUT2D eigenvalue weighted by atomic mass is 32.1. The van der Waals surface area contributed by atoms with Crippen LogP contribution in [0.1, 0.15) is 9.88 Å². The smallest absolute Gasteiger partial charge is 0.180 e. The SMILES string of the molecule is Cc1cnc(CNc2ccc3nccnc3n2)s1. The van der Waals surface area contributed by atoms with Gasteiger partial charge < -0.3 is 5.32 Å². The number of nitrogens with zero attached hydrogens (tertiary/aromatic N) is 4. The minimum atomic E-state index is 0.651. The molecule has 1 N–H and O–H groups in total. The van der Waals surface area contributed by atoms with Crippen LogP contribution in [0, 0.1) is 6.92 Å². The van der Waals surface area contributed by atoms with E-state index in [1.165, 1.54) is 4.88 Å². The van der Waals surface area contributed by atoms with E-state index < -0.39 is 0 Å². The molecular weight excluding hydrogens is 246 g/mol. The molecule has 5 nitrogen and oxygen atoms in total. The van der Waals surface area contributed by atoms with Crippen LogP contribution >= 0.6 is 11.3 Å². The number of pyridine rings is 1. The fourth-order valence-electron chi connectivity index (χ4n) is 1.60. The van der Waals surface area contributed by atoms with E-state index >= 15 is 0 Å². The molecule has 0 aliphatic heterocycles. The fourth-order valence-corrected chi connectivity index (χ4v) is 2.33. The van der Waals surface area contributed by atoms with Gasteiger partial charge in [0.2, 0.25) is 0 Å². The Kier molecular flexibility index (Phi) is 2.85. The van der Waals surface area contributed by atoms with Gasteiger partial charge in [0.1, 0.15) is 16.3 Å². The molecule has 0 aromatic carbocycles. The number of thiazole rings is 1. The third-order valence-corrected chi connectivity index (χ3v) is 3.33. The molecule has 3 aromatic rings. The highest BCUT2D eigenvalue weighted by Crippen LogP contribution is 2.14. The molecule has 3 heterocycles. The summed E-state index contributed by atoms with van der Waals surface area (Å²) in [4.78, 5) is 18.3. The maximum atomic E-state index is 4.39. The zero-order valence-electron chi connectivity index (χ0n) is 9.79. The highest BCUT2D eigenvalue weighted by molar-refractivity contribution is 7.11. The van der Waals surface area contributed by atoms with Gasteiger partial charge >= 0.3 is 0 Å². The van der Waals surface area contributed by atoms with Crippen LogP contribution < -0.4 is 5.32 Å². The summed E-state index contributed by atoms with van der Waals surface area (Å²) in [6.07, 6.45) is 5.18. The molecule has 0 amide bonds. The normalized spacial score (nSPS) is 10.7. The van der Waals surface area contributed by atoms with Gasteiger partial charge in [-0.3, -0.25) is 4.98 Å². The highest BCUT2D eigenvalue weighted by Gasteiger charge is 2.01. The molecule has 0 bridgehead atoms. The van der Waals surface area contributed by atoms with E-state index in [-0.39, 0.29) is 0 Å². The second-order valence-electron chi connectivity index (χ2n) is 3.81. The lowest BCUT2D eigenvalue weighted by molar-refractivity contribution is 1.08. The van der Waals surface area contributed by atoms with E-state index in [9.17, 15) is 0 Å². The summed E-state index contributed by atoms with van der Waals surface area (Å²) in [6.45, 7) is 2.72. The molecular formula is C12H11N5S. The van der Waals surface area contributed by atoms with Crippen LogP contribution in [0.4, 0.5) is 5.82 Å². The van der Waals surface area contributed by atoms with E-state index in [2.05, 4.69) is 25.3 Å². The monoisotopic (exact) mass is 257 g/mol. The number of rotatable bonds is 3. The first-order chi connectivity index (χ1) is 8.81. The molecule has 90 valence electrons. The van der Waals surface area contributed by atoms with Crippen LogP contribution in [0.2, 0.25) is 0 Å². The molecule has 18 heavy (non-hydrogen) atoms. The zero-order chi connectivity index (χ0) is 12.4. The fraction of sp³-hybridized carbons (Fsp3) is 0.167. The van der Waals surface area contributed by atoms with Gasteiger partial charge in [-0.2, -0.15) is 0 Å². The average Bonchev–Trinajstić information content (AvgIpc) is 2.82. The molecule has 0 spiro atoms. The summed E-state index contributed by atoms with van der Waals surface area (Å²) in [7, 11) is 0. The van der Waals surface area contributed by atoms with E-state index in [1.54, 1.807) is 23.7 Å². The summed E-state index contributed by atoms with van der Waals surface area (Å²) in [5, 5.41) is 4.29. The molecule has 0 aliphatic carbocycles. The van der Waals surface area contributed by atoms with Crippen LogP contribution in [0.3, 0.4) is 0 Å². The van der Waals surface area contributed by atoms with Crippen molar-refractivity contribution in [1.82, 2.24) is 19.9 Å². The van der Waals surface area contributed by atoms with Gasteiger partial charge in [-0.25, -0.2) is 15.0 Å². The van der Waals surface area contributed by atoms with Crippen molar-refractivity contribution in [1.29, 1.82) is 0 Å². The van der Waals surface area contributed by atoms with Gasteiger partial charge in [0.15, 0.2) is 5.65 Å². The van der Waals surface area contributed by atoms with Crippen molar-refractivity contribution in [2.45, 2.75) is 13.5 Å². The first-order valence-electron chi connectivity index (χ1n) is 5.54. The Balaban J connectivity index is 1.78. The van der Waals surface area contributed by atoms with Crippen LogP contribution in [0.5, 0.6) is 0 Å². The Bertz CT molecular complexity index is 679. The third-order valence-electron chi connectivity index (χ3n) is 2.42. The van der Waals surface area contributed by atoms with Crippen molar-refractivity contribution in [3.05, 3.63) is 40.6 Å². The van der Waals surface area contributed by atoms with Crippen LogP contribution in [0.15, 0.2) is 30.7 Å². The number of nitrogens with one attached hydrogen (secondary N) is 1. The molecule has 0 saturated carbocycles. The summed E-state index contributed by atoms with van der Waals surface area (Å²) in [5.74, 6) is 0.788. The molecule has 0 atom stereocenters. The van der Waals surface area contributed by atoms with E-state index in [4.69, 9.17) is 0 Å². The summed E-state index contributed by atoms with van der Waals surface area (Å²) < 4.78 is 0. The largest absolute Gasteiger partial charge is 0.363 e. The van der Waals surface area contributed by atoms with Crippen LogP contribution in [0.25, 0.3) is 11.2 Å². The molecule has 0 aliphatic rings. The minimum Gasteiger partial charge on any atom is -0.363 e. The van der Waals surface area contributed by atoms with Gasteiger partial charge in [-0.15, -0.1) is 11.3 Å². The standard InChI is InChI=1S/C12H11N5S/c1-8-6-16-11(18-8)7-15-10-3-2-9-12(17-10)14-5-4-13-9/h2-6H,7H2,1H3,(H,14,15,17). The minimum absolute atomic E-state index is 0.651. The molecule has 3 aromatic heterocycles. The predicted octanol–water partition coefficient (Wildman–Crippen LogP) is 2.40. The summed E-state index contributed by atoms with van der Waals surface area (Å²) >= 11 is 1.68. The van der Waals surface area contributed by atoms with Gasteiger partial charge in [0, 0.05) is 23.5 Å². The number of aromatic nitrogens is 4. The summed E-state index contributed by atoms with van der Waals surface area (Å²) in [5.41, 5.74) is 1.45. The number of anilines is 1. The molecule has 6 heteroatoms. The van der Waals surface area contributed by atoms with Crippen molar-refractivity contribution in [2.24, 2.45) is 0 Å². The Hall–Kier alpha value is -2.08. The Morgan fingerprint density at radius 1 is 1.17 bits per heavy atom. The lowest BCUT2D eigenvalue weighted by atomic mass is 10.4. The Labute approximate surface area is 108 Å². The number of hydrogen-bond donors (Lipinski definition) is 1. The quantitative estimate of drug-likeness (QED) is 0.780. The van der Waals surface area contributed by atoms with Crippen molar-refractivity contribution < 1.29 is 0 Å². The Morgan fingerprint density at radius 2 is 2.06 bits per heavy atom. The second-order valence-corrected chi connectivity index (χ2v) is 5.13. The van der Waals surface area contributed by atoms with E-state index in [0.29, 0.717) is 12.2 Å². The van der Waals surface area contributed by atoms with Gasteiger partial charge in [-0.1, -0.05) is 0 Å². The van der Waals surface area contributed by atoms with E-state index in [0.717, 1.165) is 16.3 Å². The summed E-state index contributed by atoms with van der Waals surface area (Å²) in [6, 6.07) is 3.81. The van der Waals surface area contributed by atoms with Crippen LogP contribution in [-0.4, -0.2) is 19.9 Å². The van der Waals surface area contributed by atoms with Gasteiger partial charge in [0.25, 0.3) is 0 Å². The zero-order valence-corrected chi connectivity index (χ0v) is 10.6. The lowest BCUT2D eigenvalue weighted by Crippen LogP contribution is -2.01. The predicted molar refractivity (Wildman–Crippen MR) is 71.5 cm³/mol. The van der Waals surface area contributed by atoms with Crippen molar-refractivity contribution in [2.75, 3.05) is 5.32 Å². The first-order valence-corrected chi connectivity index (χ1v) is 6.36. The lowest BCUT2D eigenvalue weighted by Gasteiger charge is -2.03. The van der Waals surface area contributed by atoms with Crippen LogP contribution in [-0.2, 0) is 6.54 Å². The van der Waals surface area contributed by atoms with Crippen molar-refractivity contribution in [3.63, 3.8) is 0 Å². The molecule has 0 unspecified atom stereocenters. The molecule has 0 radical (unpaired) electrons. The van der Waals surface area contributed by atoms with Gasteiger partial charge in [-0.05, 0) is 19.1 Å². The van der Waals surface area contributed by atoms with Gasteiger partial charge in [0.05, 0.1) is 6.54 Å². The number of hydrogen-bond acceptors (Lipinski definition) is 6. The number of aryl methyl sites for hydroxylation is 1. The average molecular weight is 257 g/mol. The molecule has 0 fully saturated rings. The second kappa shape index (κ2) is 4.66. The molecule has 0 saturated heterocycles. The topological polar surface area (TPSA) is 63.6 Å². The third kappa shape index (κ3) is 2.28.